The van der Waals surface area contributed by atoms with Gasteiger partial charge in [0.05, 0.1) is 6.20 Å². The Morgan fingerprint density at radius 3 is 3.00 bits per heavy atom. The van der Waals surface area contributed by atoms with Crippen LogP contribution in [0.15, 0.2) is 36.7 Å². The number of benzene rings is 1. The molecule has 0 spiro atoms. The molecular formula is C16H21N3. The van der Waals surface area contributed by atoms with Crippen molar-refractivity contribution in [1.82, 2.24) is 14.7 Å². The van der Waals surface area contributed by atoms with Crippen LogP contribution in [0.5, 0.6) is 0 Å². The van der Waals surface area contributed by atoms with Gasteiger partial charge in [-0.25, -0.2) is 0 Å². The topological polar surface area (TPSA) is 21.1 Å². The molecule has 1 aliphatic heterocycles. The Bertz CT molecular complexity index is 559. The van der Waals surface area contributed by atoms with Crippen LogP contribution in [-0.2, 0) is 13.6 Å². The highest BCUT2D eigenvalue weighted by Crippen LogP contribution is 2.32. The third kappa shape index (κ3) is 2.71. The molecule has 1 saturated heterocycles. The van der Waals surface area contributed by atoms with Crippen molar-refractivity contribution in [2.24, 2.45) is 7.05 Å². The van der Waals surface area contributed by atoms with E-state index in [1.165, 1.54) is 36.1 Å². The molecule has 1 fully saturated rings. The second-order valence-corrected chi connectivity index (χ2v) is 5.56. The standard InChI is InChI=1S/C16H21N3/c1-13-5-3-6-14(9-13)11-19-8-4-7-16(19)15-10-17-18(2)12-15/h3,5-6,9-10,12,16H,4,7-8,11H2,1-2H3. The lowest BCUT2D eigenvalue weighted by molar-refractivity contribution is 0.248. The van der Waals surface area contributed by atoms with E-state index < -0.39 is 0 Å². The summed E-state index contributed by atoms with van der Waals surface area (Å²) in [5, 5.41) is 4.31. The minimum absolute atomic E-state index is 0.536. The summed E-state index contributed by atoms with van der Waals surface area (Å²) in [5.41, 5.74) is 4.11. The molecule has 0 N–H and O–H groups in total. The molecule has 1 aromatic heterocycles. The summed E-state index contributed by atoms with van der Waals surface area (Å²) < 4.78 is 1.90. The highest BCUT2D eigenvalue weighted by Gasteiger charge is 2.26. The number of nitrogens with zero attached hydrogens (tertiary/aromatic N) is 3. The highest BCUT2D eigenvalue weighted by atomic mass is 15.3. The molecule has 1 atom stereocenters. The van der Waals surface area contributed by atoms with E-state index in [1.807, 2.05) is 17.9 Å². The monoisotopic (exact) mass is 255 g/mol. The average molecular weight is 255 g/mol. The van der Waals surface area contributed by atoms with E-state index in [2.05, 4.69) is 47.4 Å². The van der Waals surface area contributed by atoms with Crippen molar-refractivity contribution in [3.8, 4) is 0 Å². The van der Waals surface area contributed by atoms with Gasteiger partial charge in [-0.05, 0) is 31.9 Å². The van der Waals surface area contributed by atoms with Gasteiger partial charge in [-0.15, -0.1) is 0 Å². The number of rotatable bonds is 3. The van der Waals surface area contributed by atoms with E-state index in [0.29, 0.717) is 6.04 Å². The minimum Gasteiger partial charge on any atom is -0.292 e. The van der Waals surface area contributed by atoms with Crippen LogP contribution in [0.25, 0.3) is 0 Å². The maximum absolute atomic E-state index is 4.31. The molecule has 0 aliphatic carbocycles. The molecule has 19 heavy (non-hydrogen) atoms. The Hall–Kier alpha value is -1.61. The van der Waals surface area contributed by atoms with Crippen LogP contribution < -0.4 is 0 Å². The largest absolute Gasteiger partial charge is 0.292 e. The summed E-state index contributed by atoms with van der Waals surface area (Å²) in [7, 11) is 1.99. The van der Waals surface area contributed by atoms with Gasteiger partial charge in [0.2, 0.25) is 0 Å². The van der Waals surface area contributed by atoms with Gasteiger partial charge in [0.25, 0.3) is 0 Å². The Labute approximate surface area is 114 Å². The lowest BCUT2D eigenvalue weighted by Crippen LogP contribution is -2.22. The molecule has 0 amide bonds. The summed E-state index contributed by atoms with van der Waals surface area (Å²) in [5.74, 6) is 0. The molecule has 0 saturated carbocycles. The molecule has 2 aromatic rings. The fraction of sp³-hybridized carbons (Fsp3) is 0.438. The second-order valence-electron chi connectivity index (χ2n) is 5.56. The second kappa shape index (κ2) is 5.17. The molecule has 2 heterocycles. The van der Waals surface area contributed by atoms with E-state index in [4.69, 9.17) is 0 Å². The van der Waals surface area contributed by atoms with Crippen LogP contribution in [0, 0.1) is 6.92 Å². The van der Waals surface area contributed by atoms with Crippen LogP contribution in [0.2, 0.25) is 0 Å². The van der Waals surface area contributed by atoms with Crippen molar-refractivity contribution in [3.63, 3.8) is 0 Å². The van der Waals surface area contributed by atoms with E-state index in [-0.39, 0.29) is 0 Å². The first-order valence-corrected chi connectivity index (χ1v) is 7.00. The first kappa shape index (κ1) is 12.4. The van der Waals surface area contributed by atoms with Crippen LogP contribution in [0.3, 0.4) is 0 Å². The molecule has 100 valence electrons. The Morgan fingerprint density at radius 1 is 1.37 bits per heavy atom. The first-order valence-electron chi connectivity index (χ1n) is 7.00. The maximum atomic E-state index is 4.31. The zero-order chi connectivity index (χ0) is 13.2. The van der Waals surface area contributed by atoms with Crippen molar-refractivity contribution in [2.75, 3.05) is 6.54 Å². The van der Waals surface area contributed by atoms with E-state index in [9.17, 15) is 0 Å². The molecular weight excluding hydrogens is 234 g/mol. The van der Waals surface area contributed by atoms with Crippen LogP contribution in [-0.4, -0.2) is 21.2 Å². The summed E-state index contributed by atoms with van der Waals surface area (Å²) >= 11 is 0. The van der Waals surface area contributed by atoms with Gasteiger partial charge in [-0.3, -0.25) is 9.58 Å². The molecule has 3 nitrogen and oxygen atoms in total. The van der Waals surface area contributed by atoms with E-state index in [0.717, 1.165) is 6.54 Å². The SMILES string of the molecule is Cc1cccc(CN2CCCC2c2cnn(C)c2)c1. The maximum Gasteiger partial charge on any atom is 0.0537 e. The smallest absolute Gasteiger partial charge is 0.0537 e. The van der Waals surface area contributed by atoms with Gasteiger partial charge in [0, 0.05) is 31.4 Å². The zero-order valence-electron chi connectivity index (χ0n) is 11.7. The molecule has 0 bridgehead atoms. The van der Waals surface area contributed by atoms with Gasteiger partial charge in [0.15, 0.2) is 0 Å². The van der Waals surface area contributed by atoms with Crippen molar-refractivity contribution in [2.45, 2.75) is 32.4 Å². The number of likely N-dealkylation sites (tertiary alicyclic amines) is 1. The predicted molar refractivity (Wildman–Crippen MR) is 76.8 cm³/mol. The average Bonchev–Trinajstić information content (AvgIpc) is 2.98. The van der Waals surface area contributed by atoms with Crippen LogP contribution in [0.1, 0.15) is 35.6 Å². The van der Waals surface area contributed by atoms with Crippen LogP contribution in [0.4, 0.5) is 0 Å². The first-order chi connectivity index (χ1) is 9.22. The summed E-state index contributed by atoms with van der Waals surface area (Å²) in [4.78, 5) is 2.58. The van der Waals surface area contributed by atoms with Gasteiger partial charge in [-0.1, -0.05) is 29.8 Å². The minimum atomic E-state index is 0.536. The number of hydrogen-bond acceptors (Lipinski definition) is 2. The third-order valence-corrected chi connectivity index (χ3v) is 3.94. The van der Waals surface area contributed by atoms with Gasteiger partial charge in [0.1, 0.15) is 0 Å². The lowest BCUT2D eigenvalue weighted by atomic mass is 10.1. The van der Waals surface area contributed by atoms with Gasteiger partial charge in [-0.2, -0.15) is 5.10 Å². The summed E-state index contributed by atoms with van der Waals surface area (Å²) in [6, 6.07) is 9.37. The Balaban J connectivity index is 1.76. The van der Waals surface area contributed by atoms with E-state index in [1.54, 1.807) is 0 Å². The molecule has 3 rings (SSSR count). The van der Waals surface area contributed by atoms with Gasteiger partial charge >= 0.3 is 0 Å². The quantitative estimate of drug-likeness (QED) is 0.840. The normalized spacial score (nSPS) is 20.0. The number of hydrogen-bond donors (Lipinski definition) is 0. The lowest BCUT2D eigenvalue weighted by Gasteiger charge is -2.23. The summed E-state index contributed by atoms with van der Waals surface area (Å²) in [6.07, 6.45) is 6.70. The molecule has 1 aliphatic rings. The third-order valence-electron chi connectivity index (χ3n) is 3.94. The van der Waals surface area contributed by atoms with Gasteiger partial charge < -0.3 is 0 Å². The Morgan fingerprint density at radius 2 is 2.26 bits per heavy atom. The zero-order valence-corrected chi connectivity index (χ0v) is 11.7. The predicted octanol–water partition coefficient (Wildman–Crippen LogP) is 3.07. The van der Waals surface area contributed by atoms with E-state index >= 15 is 0 Å². The number of aryl methyl sites for hydroxylation is 2. The van der Waals surface area contributed by atoms with Crippen molar-refractivity contribution >= 4 is 0 Å². The highest BCUT2D eigenvalue weighted by molar-refractivity contribution is 5.23. The molecule has 3 heteroatoms. The molecule has 0 radical (unpaired) electrons. The number of aromatic nitrogens is 2. The van der Waals surface area contributed by atoms with Crippen LogP contribution >= 0.6 is 0 Å². The fourth-order valence-electron chi connectivity index (χ4n) is 3.05. The molecule has 1 unspecified atom stereocenters. The van der Waals surface area contributed by atoms with Crippen molar-refractivity contribution in [1.29, 1.82) is 0 Å². The summed E-state index contributed by atoms with van der Waals surface area (Å²) in [6.45, 7) is 4.39. The fourth-order valence-corrected chi connectivity index (χ4v) is 3.05. The van der Waals surface area contributed by atoms with Crippen molar-refractivity contribution < 1.29 is 0 Å². The Kier molecular flexibility index (Phi) is 3.38. The van der Waals surface area contributed by atoms with Crippen molar-refractivity contribution in [3.05, 3.63) is 53.3 Å². The molecule has 1 aromatic carbocycles.